The number of aliphatic carboxylic acids is 1. The van der Waals surface area contributed by atoms with Gasteiger partial charge in [-0.2, -0.15) is 0 Å². The minimum absolute atomic E-state index is 0.150. The lowest BCUT2D eigenvalue weighted by Gasteiger charge is -2.25. The summed E-state index contributed by atoms with van der Waals surface area (Å²) in [6.45, 7) is 6.18. The van der Waals surface area contributed by atoms with Crippen LogP contribution in [-0.2, 0) is 16.6 Å². The lowest BCUT2D eigenvalue weighted by molar-refractivity contribution is -0.145. The van der Waals surface area contributed by atoms with Gasteiger partial charge in [-0.1, -0.05) is 50.6 Å². The molecule has 5 heteroatoms. The number of carbonyl (C=O) groups is 1. The third-order valence-electron chi connectivity index (χ3n) is 3.89. The first-order valence-electron chi connectivity index (χ1n) is 8.03. The average Bonchev–Trinajstić information content (AvgIpc) is 2.54. The minimum atomic E-state index is -1.05. The second-order valence-electron chi connectivity index (χ2n) is 6.85. The van der Waals surface area contributed by atoms with Gasteiger partial charge in [-0.3, -0.25) is 0 Å². The number of rotatable bonds is 6. The van der Waals surface area contributed by atoms with Crippen LogP contribution < -0.4 is 9.47 Å². The molecule has 134 valence electrons. The molecule has 0 amide bonds. The maximum Gasteiger partial charge on any atom is 0.345 e. The van der Waals surface area contributed by atoms with Crippen LogP contribution in [-0.4, -0.2) is 24.3 Å². The second-order valence-corrected chi connectivity index (χ2v) is 7.29. The van der Waals surface area contributed by atoms with Gasteiger partial charge in [0.05, 0.1) is 7.11 Å². The SMILES string of the molecule is COc1ccc(Cl)cc1C[C@H](Oc1ccccc1C(C)(C)C)C(=O)O. The van der Waals surface area contributed by atoms with Gasteiger partial charge < -0.3 is 14.6 Å². The summed E-state index contributed by atoms with van der Waals surface area (Å²) in [5.41, 5.74) is 1.49. The van der Waals surface area contributed by atoms with E-state index in [-0.39, 0.29) is 11.8 Å². The average molecular weight is 363 g/mol. The summed E-state index contributed by atoms with van der Waals surface area (Å²) in [6.07, 6.45) is -0.895. The molecule has 0 spiro atoms. The van der Waals surface area contributed by atoms with E-state index in [1.54, 1.807) is 24.3 Å². The third-order valence-corrected chi connectivity index (χ3v) is 4.12. The largest absolute Gasteiger partial charge is 0.496 e. The van der Waals surface area contributed by atoms with E-state index in [0.29, 0.717) is 22.1 Å². The number of para-hydroxylation sites is 1. The zero-order chi connectivity index (χ0) is 18.6. The van der Waals surface area contributed by atoms with Gasteiger partial charge in [0.15, 0.2) is 6.10 Å². The molecule has 2 aromatic rings. The summed E-state index contributed by atoms with van der Waals surface area (Å²) in [5.74, 6) is 0.123. The highest BCUT2D eigenvalue weighted by Gasteiger charge is 2.25. The molecule has 0 aliphatic carbocycles. The first-order valence-corrected chi connectivity index (χ1v) is 8.41. The van der Waals surface area contributed by atoms with Gasteiger partial charge in [0, 0.05) is 11.4 Å². The number of benzene rings is 2. The smallest absolute Gasteiger partial charge is 0.345 e. The zero-order valence-electron chi connectivity index (χ0n) is 14.9. The summed E-state index contributed by atoms with van der Waals surface area (Å²) < 4.78 is 11.2. The van der Waals surface area contributed by atoms with E-state index in [1.807, 2.05) is 18.2 Å². The minimum Gasteiger partial charge on any atom is -0.496 e. The number of halogens is 1. The van der Waals surface area contributed by atoms with Crippen molar-refractivity contribution in [1.82, 2.24) is 0 Å². The molecule has 0 aliphatic heterocycles. The van der Waals surface area contributed by atoms with Gasteiger partial charge in [-0.25, -0.2) is 4.79 Å². The van der Waals surface area contributed by atoms with Gasteiger partial charge in [-0.05, 0) is 40.8 Å². The van der Waals surface area contributed by atoms with Crippen molar-refractivity contribution in [2.45, 2.75) is 38.7 Å². The van der Waals surface area contributed by atoms with Crippen molar-refractivity contribution in [2.24, 2.45) is 0 Å². The topological polar surface area (TPSA) is 55.8 Å². The van der Waals surface area contributed by atoms with Crippen LogP contribution in [0.4, 0.5) is 0 Å². The van der Waals surface area contributed by atoms with Crippen LogP contribution in [0.15, 0.2) is 42.5 Å². The molecule has 0 radical (unpaired) electrons. The standard InChI is InChI=1S/C20H23ClO4/c1-20(2,3)15-7-5-6-8-17(15)25-18(19(22)23)12-13-11-14(21)9-10-16(13)24-4/h5-11,18H,12H2,1-4H3,(H,22,23)/t18-/m0/s1. The Morgan fingerprint density at radius 3 is 2.44 bits per heavy atom. The first-order chi connectivity index (χ1) is 11.7. The van der Waals surface area contributed by atoms with Gasteiger partial charge in [0.2, 0.25) is 0 Å². The summed E-state index contributed by atoms with van der Waals surface area (Å²) in [6, 6.07) is 12.6. The van der Waals surface area contributed by atoms with Crippen molar-refractivity contribution >= 4 is 17.6 Å². The molecule has 2 rings (SSSR count). The molecule has 4 nitrogen and oxygen atoms in total. The van der Waals surface area contributed by atoms with Crippen molar-refractivity contribution in [3.8, 4) is 11.5 Å². The van der Waals surface area contributed by atoms with Crippen molar-refractivity contribution in [1.29, 1.82) is 0 Å². The molecule has 2 aromatic carbocycles. The lowest BCUT2D eigenvalue weighted by Crippen LogP contribution is -2.30. The maximum absolute atomic E-state index is 11.8. The van der Waals surface area contributed by atoms with Crippen LogP contribution in [0.25, 0.3) is 0 Å². The molecule has 0 bridgehead atoms. The van der Waals surface area contributed by atoms with Crippen LogP contribution in [0.5, 0.6) is 11.5 Å². The van der Waals surface area contributed by atoms with Crippen molar-refractivity contribution in [3.05, 3.63) is 58.6 Å². The summed E-state index contributed by atoms with van der Waals surface area (Å²) in [5, 5.41) is 10.1. The first kappa shape index (κ1) is 19.1. The van der Waals surface area contributed by atoms with Gasteiger partial charge in [-0.15, -0.1) is 0 Å². The van der Waals surface area contributed by atoms with E-state index >= 15 is 0 Å². The molecule has 0 aliphatic rings. The number of hydrogen-bond donors (Lipinski definition) is 1. The molecule has 0 aromatic heterocycles. The van der Waals surface area contributed by atoms with Crippen molar-refractivity contribution in [2.75, 3.05) is 7.11 Å². The molecule has 0 unspecified atom stereocenters. The molecular weight excluding hydrogens is 340 g/mol. The Labute approximate surface area is 153 Å². The monoisotopic (exact) mass is 362 g/mol. The third kappa shape index (κ3) is 4.89. The molecule has 0 saturated carbocycles. The molecule has 25 heavy (non-hydrogen) atoms. The van der Waals surface area contributed by atoms with Gasteiger partial charge in [0.1, 0.15) is 11.5 Å². The Morgan fingerprint density at radius 1 is 1.16 bits per heavy atom. The van der Waals surface area contributed by atoms with Crippen molar-refractivity contribution in [3.63, 3.8) is 0 Å². The quantitative estimate of drug-likeness (QED) is 0.807. The fourth-order valence-corrected chi connectivity index (χ4v) is 2.82. The Bertz CT molecular complexity index is 750. The fourth-order valence-electron chi connectivity index (χ4n) is 2.63. The summed E-state index contributed by atoms with van der Waals surface area (Å²) >= 11 is 6.04. The van der Waals surface area contributed by atoms with Crippen molar-refractivity contribution < 1.29 is 19.4 Å². The van der Waals surface area contributed by atoms with Crippen LogP contribution in [0.1, 0.15) is 31.9 Å². The van der Waals surface area contributed by atoms with Crippen LogP contribution in [0, 0.1) is 0 Å². The fraction of sp³-hybridized carbons (Fsp3) is 0.350. The number of carboxylic acids is 1. The van der Waals surface area contributed by atoms with E-state index in [0.717, 1.165) is 5.56 Å². The number of hydrogen-bond acceptors (Lipinski definition) is 3. The highest BCUT2D eigenvalue weighted by Crippen LogP contribution is 2.32. The van der Waals surface area contributed by atoms with Crippen LogP contribution in [0.2, 0.25) is 5.02 Å². The molecule has 0 fully saturated rings. The predicted octanol–water partition coefficient (Wildman–Crippen LogP) is 4.72. The highest BCUT2D eigenvalue weighted by atomic mass is 35.5. The van der Waals surface area contributed by atoms with E-state index in [1.165, 1.54) is 7.11 Å². The van der Waals surface area contributed by atoms with Crippen LogP contribution in [0.3, 0.4) is 0 Å². The Kier molecular flexibility index (Phi) is 5.96. The Morgan fingerprint density at radius 2 is 1.84 bits per heavy atom. The second kappa shape index (κ2) is 7.79. The maximum atomic E-state index is 11.8. The number of ether oxygens (including phenoxy) is 2. The zero-order valence-corrected chi connectivity index (χ0v) is 15.6. The predicted molar refractivity (Wildman–Crippen MR) is 98.9 cm³/mol. The molecule has 1 atom stereocenters. The summed E-state index contributed by atoms with van der Waals surface area (Å²) in [4.78, 5) is 11.8. The van der Waals surface area contributed by atoms with E-state index < -0.39 is 12.1 Å². The van der Waals surface area contributed by atoms with Gasteiger partial charge >= 0.3 is 5.97 Å². The molecular formula is C20H23ClO4. The Balaban J connectivity index is 2.33. The lowest BCUT2D eigenvalue weighted by atomic mass is 9.86. The molecule has 1 N–H and O–H groups in total. The summed E-state index contributed by atoms with van der Waals surface area (Å²) in [7, 11) is 1.54. The molecule has 0 saturated heterocycles. The van der Waals surface area contributed by atoms with E-state index in [4.69, 9.17) is 21.1 Å². The van der Waals surface area contributed by atoms with Gasteiger partial charge in [0.25, 0.3) is 0 Å². The number of methoxy groups -OCH3 is 1. The Hall–Kier alpha value is -2.20. The highest BCUT2D eigenvalue weighted by molar-refractivity contribution is 6.30. The normalized spacial score (nSPS) is 12.5. The van der Waals surface area contributed by atoms with Crippen LogP contribution >= 0.6 is 11.6 Å². The van der Waals surface area contributed by atoms with E-state index in [9.17, 15) is 9.90 Å². The molecule has 0 heterocycles. The number of carboxylic acid groups (broad SMARTS) is 1. The van der Waals surface area contributed by atoms with E-state index in [2.05, 4.69) is 20.8 Å².